The Hall–Kier alpha value is -2.76. The highest BCUT2D eigenvalue weighted by molar-refractivity contribution is 5.96. The number of pyridine rings is 2. The Labute approximate surface area is 152 Å². The minimum Gasteiger partial charge on any atom is -0.465 e. The van der Waals surface area contributed by atoms with Crippen molar-refractivity contribution in [2.24, 2.45) is 5.92 Å². The highest BCUT2D eigenvalue weighted by atomic mass is 16.5. The van der Waals surface area contributed by atoms with Gasteiger partial charge in [-0.15, -0.1) is 0 Å². The summed E-state index contributed by atoms with van der Waals surface area (Å²) in [6.07, 6.45) is 6.81. The molecule has 6 nitrogen and oxygen atoms in total. The lowest BCUT2D eigenvalue weighted by molar-refractivity contribution is -0.132. The van der Waals surface area contributed by atoms with Crippen LogP contribution in [0.4, 0.5) is 0 Å². The van der Waals surface area contributed by atoms with Crippen LogP contribution in [0.15, 0.2) is 30.6 Å². The summed E-state index contributed by atoms with van der Waals surface area (Å²) in [6.45, 7) is 1.36. The van der Waals surface area contributed by atoms with E-state index in [1.165, 1.54) is 7.11 Å². The topological polar surface area (TPSA) is 72.4 Å². The molecule has 0 atom stereocenters. The number of hydrogen-bond donors (Lipinski definition) is 0. The normalized spacial score (nSPS) is 16.6. The van der Waals surface area contributed by atoms with Gasteiger partial charge in [0.15, 0.2) is 0 Å². The smallest absolute Gasteiger partial charge is 0.340 e. The molecule has 1 amide bonds. The van der Waals surface area contributed by atoms with Crippen molar-refractivity contribution in [2.75, 3.05) is 20.2 Å². The zero-order valence-electron chi connectivity index (χ0n) is 14.8. The zero-order valence-corrected chi connectivity index (χ0v) is 14.8. The predicted octanol–water partition coefficient (Wildman–Crippen LogP) is 2.27. The number of carbonyl (C=O) groups is 2. The van der Waals surface area contributed by atoms with Crippen molar-refractivity contribution < 1.29 is 14.3 Å². The summed E-state index contributed by atoms with van der Waals surface area (Å²) in [5.74, 6) is 0.0774. The van der Waals surface area contributed by atoms with Gasteiger partial charge >= 0.3 is 5.97 Å². The van der Waals surface area contributed by atoms with Crippen LogP contribution in [0.2, 0.25) is 0 Å². The summed E-state index contributed by atoms with van der Waals surface area (Å²) in [4.78, 5) is 35.6. The van der Waals surface area contributed by atoms with E-state index in [9.17, 15) is 9.59 Å². The van der Waals surface area contributed by atoms with Crippen molar-refractivity contribution in [3.05, 3.63) is 47.4 Å². The zero-order chi connectivity index (χ0) is 18.1. The number of methoxy groups -OCH3 is 1. The first-order valence-corrected chi connectivity index (χ1v) is 8.97. The number of fused-ring (bicyclic) bond motifs is 1. The van der Waals surface area contributed by atoms with E-state index >= 15 is 0 Å². The van der Waals surface area contributed by atoms with Crippen LogP contribution in [0.1, 0.15) is 34.5 Å². The average Bonchev–Trinajstić information content (AvgIpc) is 3.53. The largest absolute Gasteiger partial charge is 0.465 e. The molecular weight excluding hydrogens is 330 g/mol. The van der Waals surface area contributed by atoms with Crippen LogP contribution in [-0.2, 0) is 22.4 Å². The number of esters is 1. The van der Waals surface area contributed by atoms with Gasteiger partial charge in [-0.2, -0.15) is 0 Å². The quantitative estimate of drug-likeness (QED) is 0.793. The third-order valence-electron chi connectivity index (χ3n) is 5.04. The molecule has 1 aliphatic carbocycles. The van der Waals surface area contributed by atoms with Crippen molar-refractivity contribution in [2.45, 2.75) is 25.7 Å². The molecule has 0 spiro atoms. The van der Waals surface area contributed by atoms with E-state index in [1.807, 2.05) is 23.1 Å². The Kier molecular flexibility index (Phi) is 4.41. The molecule has 0 radical (unpaired) electrons. The van der Waals surface area contributed by atoms with Crippen LogP contribution in [0.3, 0.4) is 0 Å². The molecule has 1 saturated carbocycles. The molecule has 3 heterocycles. The van der Waals surface area contributed by atoms with E-state index in [4.69, 9.17) is 9.72 Å². The van der Waals surface area contributed by atoms with Crippen LogP contribution < -0.4 is 0 Å². The number of aromatic nitrogens is 2. The Balaban J connectivity index is 1.70. The molecule has 2 aromatic heterocycles. The Morgan fingerprint density at radius 2 is 2.04 bits per heavy atom. The first-order chi connectivity index (χ1) is 12.7. The third-order valence-corrected chi connectivity index (χ3v) is 5.04. The second kappa shape index (κ2) is 6.86. The molecule has 0 N–H and O–H groups in total. The lowest BCUT2D eigenvalue weighted by Gasteiger charge is -2.19. The summed E-state index contributed by atoms with van der Waals surface area (Å²) < 4.78 is 4.96. The van der Waals surface area contributed by atoms with E-state index in [1.54, 1.807) is 12.4 Å². The monoisotopic (exact) mass is 351 g/mol. The molecule has 134 valence electrons. The molecular formula is C20H21N3O3. The Morgan fingerprint density at radius 3 is 2.73 bits per heavy atom. The number of ether oxygens (including phenoxy) is 1. The summed E-state index contributed by atoms with van der Waals surface area (Å²) in [6, 6.07) is 5.58. The van der Waals surface area contributed by atoms with E-state index < -0.39 is 5.97 Å². The predicted molar refractivity (Wildman–Crippen MR) is 95.5 cm³/mol. The highest BCUT2D eigenvalue weighted by Gasteiger charge is 2.34. The molecule has 2 aromatic rings. The van der Waals surface area contributed by atoms with Crippen molar-refractivity contribution in [1.82, 2.24) is 14.9 Å². The van der Waals surface area contributed by atoms with Gasteiger partial charge in [-0.3, -0.25) is 14.8 Å². The molecule has 1 aliphatic heterocycles. The Morgan fingerprint density at radius 1 is 1.23 bits per heavy atom. The summed E-state index contributed by atoms with van der Waals surface area (Å²) >= 11 is 0. The standard InChI is InChI=1S/C20H21N3O3/c1-26-20(25)16-11-14-6-9-23(19(24)13-4-5-13)10-7-17(14)22-18(16)15-3-2-8-21-12-15/h2-3,8,11-13H,4-7,9-10H2,1H3. The molecule has 0 unspecified atom stereocenters. The molecule has 26 heavy (non-hydrogen) atoms. The van der Waals surface area contributed by atoms with Gasteiger partial charge in [0.25, 0.3) is 0 Å². The van der Waals surface area contributed by atoms with Crippen molar-refractivity contribution in [1.29, 1.82) is 0 Å². The van der Waals surface area contributed by atoms with Crippen LogP contribution >= 0.6 is 0 Å². The fraction of sp³-hybridized carbons (Fsp3) is 0.400. The average molecular weight is 351 g/mol. The maximum atomic E-state index is 12.4. The first-order valence-electron chi connectivity index (χ1n) is 8.97. The summed E-state index contributed by atoms with van der Waals surface area (Å²) in [7, 11) is 1.37. The summed E-state index contributed by atoms with van der Waals surface area (Å²) in [5, 5.41) is 0. The molecule has 0 aromatic carbocycles. The van der Waals surface area contributed by atoms with Gasteiger partial charge in [0.05, 0.1) is 18.4 Å². The maximum Gasteiger partial charge on any atom is 0.340 e. The van der Waals surface area contributed by atoms with Crippen LogP contribution in [-0.4, -0.2) is 46.9 Å². The molecule has 0 bridgehead atoms. The van der Waals surface area contributed by atoms with Gasteiger partial charge in [-0.05, 0) is 43.0 Å². The van der Waals surface area contributed by atoms with Crippen LogP contribution in [0.25, 0.3) is 11.3 Å². The molecule has 1 fully saturated rings. The fourth-order valence-corrected chi connectivity index (χ4v) is 3.43. The molecule has 0 saturated heterocycles. The van der Waals surface area contributed by atoms with Gasteiger partial charge in [-0.1, -0.05) is 0 Å². The second-order valence-corrected chi connectivity index (χ2v) is 6.82. The van der Waals surface area contributed by atoms with E-state index in [-0.39, 0.29) is 11.8 Å². The van der Waals surface area contributed by atoms with Gasteiger partial charge in [-0.25, -0.2) is 4.79 Å². The SMILES string of the molecule is COC(=O)c1cc2c(nc1-c1cccnc1)CCN(C(=O)C1CC1)CC2. The van der Waals surface area contributed by atoms with Gasteiger partial charge in [0, 0.05) is 49.1 Å². The second-order valence-electron chi connectivity index (χ2n) is 6.82. The molecule has 2 aliphatic rings. The number of nitrogens with zero attached hydrogens (tertiary/aromatic N) is 3. The van der Waals surface area contributed by atoms with Gasteiger partial charge < -0.3 is 9.64 Å². The van der Waals surface area contributed by atoms with E-state index in [2.05, 4.69) is 4.98 Å². The number of hydrogen-bond acceptors (Lipinski definition) is 5. The Bertz CT molecular complexity index is 847. The van der Waals surface area contributed by atoms with Crippen molar-refractivity contribution >= 4 is 11.9 Å². The van der Waals surface area contributed by atoms with Crippen LogP contribution in [0.5, 0.6) is 0 Å². The minimum atomic E-state index is -0.408. The maximum absolute atomic E-state index is 12.4. The summed E-state index contributed by atoms with van der Waals surface area (Å²) in [5.41, 5.74) is 3.78. The number of amides is 1. The van der Waals surface area contributed by atoms with E-state index in [0.29, 0.717) is 37.2 Å². The third kappa shape index (κ3) is 3.19. The van der Waals surface area contributed by atoms with Crippen molar-refractivity contribution in [3.63, 3.8) is 0 Å². The van der Waals surface area contributed by atoms with Crippen LogP contribution in [0, 0.1) is 5.92 Å². The lowest BCUT2D eigenvalue weighted by atomic mass is 10.0. The highest BCUT2D eigenvalue weighted by Crippen LogP contribution is 2.32. The first kappa shape index (κ1) is 16.7. The van der Waals surface area contributed by atoms with E-state index in [0.717, 1.165) is 29.7 Å². The van der Waals surface area contributed by atoms with Crippen molar-refractivity contribution in [3.8, 4) is 11.3 Å². The lowest BCUT2D eigenvalue weighted by Crippen LogP contribution is -2.34. The minimum absolute atomic E-state index is 0.223. The number of rotatable bonds is 3. The van der Waals surface area contributed by atoms with Gasteiger partial charge in [0.1, 0.15) is 0 Å². The number of carbonyl (C=O) groups excluding carboxylic acids is 2. The van der Waals surface area contributed by atoms with Gasteiger partial charge in [0.2, 0.25) is 5.91 Å². The molecule has 4 rings (SSSR count). The fourth-order valence-electron chi connectivity index (χ4n) is 3.43. The molecule has 6 heteroatoms.